The van der Waals surface area contributed by atoms with E-state index in [9.17, 15) is 9.18 Å². The molecule has 46 heavy (non-hydrogen) atoms. The van der Waals surface area contributed by atoms with Crippen molar-refractivity contribution in [1.29, 1.82) is 0 Å². The first-order valence-corrected chi connectivity index (χ1v) is 16.3. The summed E-state index contributed by atoms with van der Waals surface area (Å²) < 4.78 is 42.5. The minimum absolute atomic E-state index is 0.0381. The standard InChI is InChI=1S/C32H37ClF2N8O3/c33-24-11-25-22(14-38-41-25)26(21(24)6-1-2-10-45-18-44)29-27(35)28-23(13-37-29)30(42-8-3-5-20(36)16-42)40-31(39-28)46-17-32-7-4-9-43(32)15-19(34)12-32/h11,13-14,18-20H,1-10,12,15-17,36H2,(H,38,41)/t19-,20-,32?/m1/s1. The number of rotatable bonds is 11. The van der Waals surface area contributed by atoms with Crippen LogP contribution in [0.25, 0.3) is 33.1 Å². The van der Waals surface area contributed by atoms with Crippen LogP contribution in [0.5, 0.6) is 6.01 Å². The summed E-state index contributed by atoms with van der Waals surface area (Å²) in [5, 5.41) is 8.68. The fraction of sp³-hybridized carbons (Fsp3) is 0.531. The average molecular weight is 655 g/mol. The SMILES string of the molecule is N[C@@H]1CCCN(c2nc(OCC34CCCN3C[C@H](F)C4)nc3c(F)c(-c4c(CCCCOC=O)c(Cl)cc5[nH]ncc45)ncc23)C1. The number of unbranched alkanes of at least 4 members (excludes halogenated alkanes) is 1. The van der Waals surface area contributed by atoms with Gasteiger partial charge < -0.3 is 20.1 Å². The van der Waals surface area contributed by atoms with Gasteiger partial charge in [-0.05, 0) is 63.1 Å². The third-order valence-electron chi connectivity index (χ3n) is 9.67. The van der Waals surface area contributed by atoms with Gasteiger partial charge in [0.2, 0.25) is 0 Å². The summed E-state index contributed by atoms with van der Waals surface area (Å²) >= 11 is 6.77. The molecule has 3 fully saturated rings. The summed E-state index contributed by atoms with van der Waals surface area (Å²) in [4.78, 5) is 28.8. The van der Waals surface area contributed by atoms with Gasteiger partial charge in [-0.2, -0.15) is 15.1 Å². The van der Waals surface area contributed by atoms with E-state index in [-0.39, 0.29) is 36.5 Å². The number of anilines is 1. The fourth-order valence-electron chi connectivity index (χ4n) is 7.50. The van der Waals surface area contributed by atoms with Gasteiger partial charge >= 0.3 is 6.01 Å². The van der Waals surface area contributed by atoms with Gasteiger partial charge in [0.25, 0.3) is 6.47 Å². The number of alkyl halides is 1. The maximum absolute atomic E-state index is 17.0. The number of ether oxygens (including phenoxy) is 2. The fourth-order valence-corrected chi connectivity index (χ4v) is 7.80. The number of nitrogens with two attached hydrogens (primary N) is 1. The predicted octanol–water partition coefficient (Wildman–Crippen LogP) is 4.74. The zero-order valence-electron chi connectivity index (χ0n) is 25.5. The van der Waals surface area contributed by atoms with Crippen molar-refractivity contribution >= 4 is 45.7 Å². The van der Waals surface area contributed by atoms with E-state index in [0.717, 1.165) is 32.2 Å². The largest absolute Gasteiger partial charge is 0.468 e. The highest BCUT2D eigenvalue weighted by Gasteiger charge is 2.49. The summed E-state index contributed by atoms with van der Waals surface area (Å²) in [7, 11) is 0. The Bertz CT molecular complexity index is 1760. The first-order valence-electron chi connectivity index (χ1n) is 16.0. The molecule has 3 aromatic heterocycles. The van der Waals surface area contributed by atoms with Gasteiger partial charge in [0, 0.05) is 54.3 Å². The van der Waals surface area contributed by atoms with Crippen molar-refractivity contribution < 1.29 is 23.0 Å². The van der Waals surface area contributed by atoms with E-state index in [1.165, 1.54) is 0 Å². The molecule has 14 heteroatoms. The van der Waals surface area contributed by atoms with Gasteiger partial charge in [-0.15, -0.1) is 0 Å². The summed E-state index contributed by atoms with van der Waals surface area (Å²) in [6.45, 7) is 3.41. The van der Waals surface area contributed by atoms with Crippen LogP contribution in [0.15, 0.2) is 18.5 Å². The topological polar surface area (TPSA) is 135 Å². The van der Waals surface area contributed by atoms with Gasteiger partial charge in [0.15, 0.2) is 5.82 Å². The normalized spacial score (nSPS) is 23.3. The number of halogens is 3. The van der Waals surface area contributed by atoms with Crippen LogP contribution >= 0.6 is 11.6 Å². The number of aromatic amines is 1. The molecule has 1 unspecified atom stereocenters. The number of carbonyl (C=O) groups is 1. The Morgan fingerprint density at radius 2 is 2.07 bits per heavy atom. The van der Waals surface area contributed by atoms with Crippen LogP contribution in [0.4, 0.5) is 14.6 Å². The van der Waals surface area contributed by atoms with Gasteiger partial charge in [0.1, 0.15) is 29.8 Å². The minimum atomic E-state index is -0.901. The van der Waals surface area contributed by atoms with Crippen LogP contribution in [-0.4, -0.2) is 93.7 Å². The number of hydrogen-bond donors (Lipinski definition) is 2. The van der Waals surface area contributed by atoms with E-state index in [4.69, 9.17) is 31.8 Å². The number of nitrogens with zero attached hydrogens (tertiary/aromatic N) is 6. The Kier molecular flexibility index (Phi) is 8.64. The van der Waals surface area contributed by atoms with Crippen LogP contribution in [0.1, 0.15) is 50.5 Å². The van der Waals surface area contributed by atoms with Crippen molar-refractivity contribution in [2.75, 3.05) is 44.3 Å². The van der Waals surface area contributed by atoms with Crippen molar-refractivity contribution in [3.8, 4) is 17.3 Å². The molecule has 0 spiro atoms. The second-order valence-electron chi connectivity index (χ2n) is 12.7. The second kappa shape index (κ2) is 12.8. The van der Waals surface area contributed by atoms with Gasteiger partial charge in [-0.1, -0.05) is 11.6 Å². The Hall–Kier alpha value is -3.68. The smallest absolute Gasteiger partial charge is 0.319 e. The quantitative estimate of drug-likeness (QED) is 0.172. The van der Waals surface area contributed by atoms with E-state index in [1.54, 1.807) is 18.5 Å². The third-order valence-corrected chi connectivity index (χ3v) is 10.0. The van der Waals surface area contributed by atoms with Crippen molar-refractivity contribution in [2.45, 2.75) is 69.1 Å². The molecule has 3 atom stereocenters. The lowest BCUT2D eigenvalue weighted by atomic mass is 9.95. The van der Waals surface area contributed by atoms with E-state index in [2.05, 4.69) is 25.1 Å². The molecule has 1 aromatic carbocycles. The molecular formula is C32H37ClF2N8O3. The molecule has 7 rings (SSSR count). The van der Waals surface area contributed by atoms with Crippen molar-refractivity contribution in [3.05, 3.63) is 34.9 Å². The first kappa shape index (κ1) is 30.9. The Morgan fingerprint density at radius 3 is 2.91 bits per heavy atom. The summed E-state index contributed by atoms with van der Waals surface area (Å²) in [6.07, 6.45) is 8.06. The zero-order chi connectivity index (χ0) is 31.8. The number of aromatic nitrogens is 5. The van der Waals surface area contributed by atoms with Crippen LogP contribution in [0.2, 0.25) is 5.02 Å². The third kappa shape index (κ3) is 5.73. The van der Waals surface area contributed by atoms with Crippen molar-refractivity contribution in [3.63, 3.8) is 0 Å². The number of piperidine rings is 1. The maximum Gasteiger partial charge on any atom is 0.319 e. The first-order chi connectivity index (χ1) is 22.4. The van der Waals surface area contributed by atoms with Crippen LogP contribution < -0.4 is 15.4 Å². The van der Waals surface area contributed by atoms with E-state index >= 15 is 4.39 Å². The van der Waals surface area contributed by atoms with Gasteiger partial charge in [-0.3, -0.25) is 19.8 Å². The average Bonchev–Trinajstić information content (AvgIpc) is 3.74. The molecule has 3 N–H and O–H groups in total. The summed E-state index contributed by atoms with van der Waals surface area (Å²) in [6, 6.07) is 1.76. The van der Waals surface area contributed by atoms with Gasteiger partial charge in [-0.25, -0.2) is 8.78 Å². The molecule has 6 heterocycles. The molecule has 11 nitrogen and oxygen atoms in total. The van der Waals surface area contributed by atoms with Crippen LogP contribution in [-0.2, 0) is 16.0 Å². The lowest BCUT2D eigenvalue weighted by Gasteiger charge is -2.33. The molecule has 0 bridgehead atoms. The Balaban J connectivity index is 1.32. The van der Waals surface area contributed by atoms with Crippen molar-refractivity contribution in [1.82, 2.24) is 30.0 Å². The molecule has 3 aliphatic heterocycles. The number of carbonyl (C=O) groups excluding carboxylic acids is 1. The van der Waals surface area contributed by atoms with E-state index < -0.39 is 17.5 Å². The number of nitrogens with one attached hydrogen (secondary N) is 1. The number of H-pyrrole nitrogens is 1. The number of hydrogen-bond acceptors (Lipinski definition) is 10. The molecule has 0 saturated carbocycles. The molecule has 0 radical (unpaired) electrons. The predicted molar refractivity (Wildman–Crippen MR) is 170 cm³/mol. The molecule has 3 aliphatic rings. The maximum atomic E-state index is 17.0. The van der Waals surface area contributed by atoms with E-state index in [0.29, 0.717) is 90.0 Å². The molecular weight excluding hydrogens is 618 g/mol. The second-order valence-corrected chi connectivity index (χ2v) is 13.1. The number of pyridine rings is 1. The molecule has 0 aliphatic carbocycles. The molecule has 0 amide bonds. The molecule has 3 saturated heterocycles. The zero-order valence-corrected chi connectivity index (χ0v) is 26.2. The minimum Gasteiger partial charge on any atom is -0.468 e. The number of fused-ring (bicyclic) bond motifs is 3. The highest BCUT2D eigenvalue weighted by molar-refractivity contribution is 6.33. The van der Waals surface area contributed by atoms with Crippen LogP contribution in [0, 0.1) is 5.82 Å². The summed E-state index contributed by atoms with van der Waals surface area (Å²) in [5.74, 6) is -0.119. The highest BCUT2D eigenvalue weighted by atomic mass is 35.5. The summed E-state index contributed by atoms with van der Waals surface area (Å²) in [5.41, 5.74) is 7.96. The lowest BCUT2D eigenvalue weighted by Crippen LogP contribution is -2.44. The van der Waals surface area contributed by atoms with Crippen LogP contribution in [0.3, 0.4) is 0 Å². The monoisotopic (exact) mass is 654 g/mol. The lowest BCUT2D eigenvalue weighted by molar-refractivity contribution is -0.128. The van der Waals surface area contributed by atoms with Crippen molar-refractivity contribution in [2.24, 2.45) is 5.73 Å². The number of benzene rings is 1. The molecule has 4 aromatic rings. The molecule has 244 valence electrons. The Morgan fingerprint density at radius 1 is 1.17 bits per heavy atom. The highest BCUT2D eigenvalue weighted by Crippen LogP contribution is 2.42. The Labute approximate surface area is 269 Å². The van der Waals surface area contributed by atoms with E-state index in [1.807, 2.05) is 4.90 Å². The van der Waals surface area contributed by atoms with Gasteiger partial charge in [0.05, 0.1) is 29.2 Å².